The molecule has 0 aliphatic heterocycles. The molecule has 8 aromatic carbocycles. The van der Waals surface area contributed by atoms with Crippen LogP contribution in [-0.4, -0.2) is 15.0 Å². The van der Waals surface area contributed by atoms with E-state index in [0.717, 1.165) is 71.7 Å². The Bertz CT molecular complexity index is 2940. The highest BCUT2D eigenvalue weighted by Gasteiger charge is 2.19. The number of fused-ring (bicyclic) bond motifs is 4. The van der Waals surface area contributed by atoms with E-state index >= 15 is 0 Å². The monoisotopic (exact) mass is 677 g/mol. The first kappa shape index (κ1) is 30.6. The van der Waals surface area contributed by atoms with E-state index < -0.39 is 0 Å². The van der Waals surface area contributed by atoms with Crippen molar-refractivity contribution in [3.8, 4) is 67.5 Å². The van der Waals surface area contributed by atoms with Gasteiger partial charge in [-0.15, -0.1) is 0 Å². The maximum atomic E-state index is 6.49. The molecule has 0 aliphatic rings. The molecule has 0 bridgehead atoms. The fourth-order valence-corrected chi connectivity index (χ4v) is 7.24. The van der Waals surface area contributed by atoms with Gasteiger partial charge in [0.25, 0.3) is 0 Å². The SMILES string of the molecule is c1ccc(-c2cccc(-c3nc(-c4ccc5cc(-c6ccccc6)ccc5c4)nc(-c4cccc5oc6cc(-c7ccccc7)ccc6c45)n3)c2)cc1. The Morgan fingerprint density at radius 3 is 1.43 bits per heavy atom. The van der Waals surface area contributed by atoms with Gasteiger partial charge in [0, 0.05) is 27.5 Å². The number of nitrogens with zero attached hydrogens (tertiary/aromatic N) is 3. The van der Waals surface area contributed by atoms with Gasteiger partial charge in [-0.3, -0.25) is 0 Å². The highest BCUT2D eigenvalue weighted by atomic mass is 16.3. The zero-order chi connectivity index (χ0) is 35.1. The lowest BCUT2D eigenvalue weighted by Crippen LogP contribution is -2.00. The second-order valence-corrected chi connectivity index (χ2v) is 13.3. The first-order valence-corrected chi connectivity index (χ1v) is 17.8. The highest BCUT2D eigenvalue weighted by molar-refractivity contribution is 6.12. The van der Waals surface area contributed by atoms with Gasteiger partial charge in [0.2, 0.25) is 0 Å². The summed E-state index contributed by atoms with van der Waals surface area (Å²) in [5, 5.41) is 4.28. The van der Waals surface area contributed by atoms with Crippen molar-refractivity contribution < 1.29 is 4.42 Å². The molecule has 0 saturated carbocycles. The molecule has 0 unspecified atom stereocenters. The molecule has 53 heavy (non-hydrogen) atoms. The van der Waals surface area contributed by atoms with E-state index in [4.69, 9.17) is 19.4 Å². The predicted molar refractivity (Wildman–Crippen MR) is 217 cm³/mol. The van der Waals surface area contributed by atoms with Crippen LogP contribution >= 0.6 is 0 Å². The summed E-state index contributed by atoms with van der Waals surface area (Å²) in [5.41, 5.74) is 11.2. The number of furan rings is 1. The van der Waals surface area contributed by atoms with Crippen LogP contribution in [0.2, 0.25) is 0 Å². The number of hydrogen-bond acceptors (Lipinski definition) is 4. The van der Waals surface area contributed by atoms with Crippen LogP contribution in [0.5, 0.6) is 0 Å². The fourth-order valence-electron chi connectivity index (χ4n) is 7.24. The van der Waals surface area contributed by atoms with Crippen molar-refractivity contribution >= 4 is 32.7 Å². The van der Waals surface area contributed by atoms with E-state index in [-0.39, 0.29) is 0 Å². The Morgan fingerprint density at radius 1 is 0.302 bits per heavy atom. The van der Waals surface area contributed by atoms with E-state index in [1.165, 1.54) is 11.1 Å². The van der Waals surface area contributed by atoms with Gasteiger partial charge < -0.3 is 4.42 Å². The van der Waals surface area contributed by atoms with Crippen LogP contribution in [0.3, 0.4) is 0 Å². The van der Waals surface area contributed by atoms with Crippen LogP contribution in [0.1, 0.15) is 0 Å². The van der Waals surface area contributed by atoms with Crippen molar-refractivity contribution in [3.05, 3.63) is 188 Å². The van der Waals surface area contributed by atoms with Crippen LogP contribution in [0, 0.1) is 0 Å². The van der Waals surface area contributed by atoms with Crippen LogP contribution in [0.15, 0.2) is 192 Å². The van der Waals surface area contributed by atoms with Gasteiger partial charge in [0.1, 0.15) is 11.2 Å². The van der Waals surface area contributed by atoms with E-state index in [9.17, 15) is 0 Å². The van der Waals surface area contributed by atoms with E-state index in [2.05, 4.69) is 158 Å². The Labute approximate surface area is 306 Å². The Balaban J connectivity index is 1.14. The normalized spacial score (nSPS) is 11.4. The Kier molecular flexibility index (Phi) is 7.43. The Hall–Kier alpha value is -7.17. The van der Waals surface area contributed by atoms with Gasteiger partial charge in [-0.05, 0) is 80.6 Å². The molecule has 0 fully saturated rings. The summed E-state index contributed by atoms with van der Waals surface area (Å²) in [7, 11) is 0. The van der Waals surface area contributed by atoms with Crippen molar-refractivity contribution in [1.82, 2.24) is 15.0 Å². The number of benzene rings is 8. The van der Waals surface area contributed by atoms with Gasteiger partial charge in [-0.1, -0.05) is 152 Å². The molecule has 0 amide bonds. The minimum absolute atomic E-state index is 0.593. The highest BCUT2D eigenvalue weighted by Crippen LogP contribution is 2.39. The van der Waals surface area contributed by atoms with Gasteiger partial charge >= 0.3 is 0 Å². The average molecular weight is 678 g/mol. The minimum atomic E-state index is 0.593. The fraction of sp³-hybridized carbons (Fsp3) is 0. The molecular formula is C49H31N3O. The average Bonchev–Trinajstić information content (AvgIpc) is 3.62. The summed E-state index contributed by atoms with van der Waals surface area (Å²) in [4.78, 5) is 15.5. The van der Waals surface area contributed by atoms with Crippen molar-refractivity contribution in [2.75, 3.05) is 0 Å². The lowest BCUT2D eigenvalue weighted by atomic mass is 9.99. The summed E-state index contributed by atoms with van der Waals surface area (Å²) in [6.07, 6.45) is 0. The van der Waals surface area contributed by atoms with Crippen LogP contribution in [0.25, 0.3) is 100 Å². The van der Waals surface area contributed by atoms with Gasteiger partial charge in [0.05, 0.1) is 0 Å². The molecule has 4 nitrogen and oxygen atoms in total. The molecule has 4 heteroatoms. The topological polar surface area (TPSA) is 51.8 Å². The summed E-state index contributed by atoms with van der Waals surface area (Å²) in [5.74, 6) is 1.81. The lowest BCUT2D eigenvalue weighted by Gasteiger charge is -2.11. The first-order valence-electron chi connectivity index (χ1n) is 17.8. The summed E-state index contributed by atoms with van der Waals surface area (Å²) in [6, 6.07) is 65.2. The molecule has 0 atom stereocenters. The molecule has 0 aliphatic carbocycles. The van der Waals surface area contributed by atoms with Crippen molar-refractivity contribution in [3.63, 3.8) is 0 Å². The van der Waals surface area contributed by atoms with Crippen molar-refractivity contribution in [2.45, 2.75) is 0 Å². The molecule has 2 aromatic heterocycles. The smallest absolute Gasteiger partial charge is 0.164 e. The van der Waals surface area contributed by atoms with E-state index in [1.54, 1.807) is 0 Å². The first-order chi connectivity index (χ1) is 26.2. The molecule has 0 N–H and O–H groups in total. The second-order valence-electron chi connectivity index (χ2n) is 13.3. The van der Waals surface area contributed by atoms with Crippen LogP contribution in [-0.2, 0) is 0 Å². The van der Waals surface area contributed by atoms with E-state index in [1.807, 2.05) is 30.3 Å². The third-order valence-electron chi connectivity index (χ3n) is 9.91. The van der Waals surface area contributed by atoms with Gasteiger partial charge in [-0.2, -0.15) is 0 Å². The zero-order valence-corrected chi connectivity index (χ0v) is 28.6. The van der Waals surface area contributed by atoms with Crippen LogP contribution < -0.4 is 0 Å². The quantitative estimate of drug-likeness (QED) is 0.176. The maximum Gasteiger partial charge on any atom is 0.164 e. The second kappa shape index (κ2) is 12.9. The molecule has 0 radical (unpaired) electrons. The molecule has 2 heterocycles. The number of aromatic nitrogens is 3. The standard InChI is InChI=1S/C49H31N3O/c1-4-12-32(13-5-1)35-18-10-19-40(29-35)47-50-48(41-25-24-37-28-36(22-23-38(37)30-41)33-14-6-2-7-15-33)52-49(51-47)43-20-11-21-44-46(43)42-27-26-39(31-45(42)53-44)34-16-8-3-9-17-34/h1-31H. The van der Waals surface area contributed by atoms with Crippen molar-refractivity contribution in [2.24, 2.45) is 0 Å². The predicted octanol–water partition coefficient (Wildman–Crippen LogP) is 12.9. The number of rotatable bonds is 6. The summed E-state index contributed by atoms with van der Waals surface area (Å²) < 4.78 is 6.49. The zero-order valence-electron chi connectivity index (χ0n) is 28.6. The molecular weight excluding hydrogens is 647 g/mol. The molecule has 248 valence electrons. The van der Waals surface area contributed by atoms with Gasteiger partial charge in [0.15, 0.2) is 17.5 Å². The molecule has 0 saturated heterocycles. The minimum Gasteiger partial charge on any atom is -0.456 e. The number of hydrogen-bond donors (Lipinski definition) is 0. The maximum absolute atomic E-state index is 6.49. The lowest BCUT2D eigenvalue weighted by molar-refractivity contribution is 0.669. The molecule has 10 rings (SSSR count). The molecule has 10 aromatic rings. The third-order valence-corrected chi connectivity index (χ3v) is 9.91. The largest absolute Gasteiger partial charge is 0.456 e. The van der Waals surface area contributed by atoms with E-state index in [0.29, 0.717) is 17.5 Å². The van der Waals surface area contributed by atoms with Crippen molar-refractivity contribution in [1.29, 1.82) is 0 Å². The summed E-state index contributed by atoms with van der Waals surface area (Å²) in [6.45, 7) is 0. The Morgan fingerprint density at radius 2 is 0.774 bits per heavy atom. The summed E-state index contributed by atoms with van der Waals surface area (Å²) >= 11 is 0. The molecule has 0 spiro atoms. The van der Waals surface area contributed by atoms with Gasteiger partial charge in [-0.25, -0.2) is 15.0 Å². The third kappa shape index (κ3) is 5.73. The van der Waals surface area contributed by atoms with Crippen LogP contribution in [0.4, 0.5) is 0 Å².